The largest absolute Gasteiger partial charge is 0.504 e. The SMILES string of the molecule is CC[C@@]12C=C(C(=O)OC)n3c4c(c5ccccc53)CCN(CCC1)[C@H]42.NC(Cc1ccc(O)c(O)c1)C(=O)O. The van der Waals surface area contributed by atoms with Crippen molar-refractivity contribution in [1.82, 2.24) is 9.47 Å². The van der Waals surface area contributed by atoms with Crippen LogP contribution in [-0.2, 0) is 27.2 Å². The van der Waals surface area contributed by atoms with E-state index in [-0.39, 0.29) is 29.3 Å². The van der Waals surface area contributed by atoms with Gasteiger partial charge in [-0.2, -0.15) is 0 Å². The van der Waals surface area contributed by atoms with Gasteiger partial charge in [0.15, 0.2) is 11.5 Å². The van der Waals surface area contributed by atoms with E-state index in [1.54, 1.807) is 0 Å². The monoisotopic (exact) mass is 533 g/mol. The number of esters is 1. The number of hydrogen-bond donors (Lipinski definition) is 4. The van der Waals surface area contributed by atoms with Crippen LogP contribution in [0.4, 0.5) is 0 Å². The highest BCUT2D eigenvalue weighted by atomic mass is 16.5. The lowest BCUT2D eigenvalue weighted by atomic mass is 9.66. The van der Waals surface area contributed by atoms with Gasteiger partial charge in [-0.05, 0) is 74.1 Å². The van der Waals surface area contributed by atoms with Gasteiger partial charge in [0, 0.05) is 23.0 Å². The van der Waals surface area contributed by atoms with Crippen LogP contribution in [0.3, 0.4) is 0 Å². The van der Waals surface area contributed by atoms with Gasteiger partial charge in [-0.3, -0.25) is 9.69 Å². The van der Waals surface area contributed by atoms with Gasteiger partial charge in [-0.25, -0.2) is 4.79 Å². The molecule has 3 atom stereocenters. The van der Waals surface area contributed by atoms with Crippen LogP contribution in [0.15, 0.2) is 48.5 Å². The number of carbonyl (C=O) groups is 2. The Balaban J connectivity index is 0.000000189. The van der Waals surface area contributed by atoms with Gasteiger partial charge >= 0.3 is 11.9 Å². The summed E-state index contributed by atoms with van der Waals surface area (Å²) in [5.74, 6) is -1.84. The molecule has 0 radical (unpaired) electrons. The minimum Gasteiger partial charge on any atom is -0.504 e. The molecule has 0 amide bonds. The quantitative estimate of drug-likeness (QED) is 0.287. The molecule has 1 aromatic heterocycles. The molecule has 6 rings (SSSR count). The third kappa shape index (κ3) is 4.55. The Kier molecular flexibility index (Phi) is 7.13. The number of piperidine rings is 1. The molecule has 3 aliphatic rings. The van der Waals surface area contributed by atoms with Crippen LogP contribution in [0.1, 0.15) is 49.0 Å². The van der Waals surface area contributed by atoms with Crippen LogP contribution in [0.2, 0.25) is 0 Å². The molecule has 3 aliphatic heterocycles. The molecule has 4 heterocycles. The Morgan fingerprint density at radius 1 is 1.15 bits per heavy atom. The first-order valence-corrected chi connectivity index (χ1v) is 13.4. The van der Waals surface area contributed by atoms with E-state index in [0.29, 0.717) is 17.3 Å². The number of ether oxygens (including phenoxy) is 1. The Labute approximate surface area is 227 Å². The zero-order valence-corrected chi connectivity index (χ0v) is 22.3. The van der Waals surface area contributed by atoms with Crippen LogP contribution >= 0.6 is 0 Å². The maximum atomic E-state index is 12.7. The molecule has 9 heteroatoms. The fourth-order valence-electron chi connectivity index (χ4n) is 6.57. The average molecular weight is 534 g/mol. The summed E-state index contributed by atoms with van der Waals surface area (Å²) in [6, 6.07) is 12.0. The lowest BCUT2D eigenvalue weighted by Gasteiger charge is -2.53. The van der Waals surface area contributed by atoms with E-state index in [1.165, 1.54) is 48.4 Å². The first-order chi connectivity index (χ1) is 18.7. The molecule has 0 aliphatic carbocycles. The first-order valence-electron chi connectivity index (χ1n) is 13.4. The Bertz CT molecular complexity index is 1460. The van der Waals surface area contributed by atoms with E-state index < -0.39 is 12.0 Å². The van der Waals surface area contributed by atoms with Crippen molar-refractivity contribution in [3.05, 3.63) is 65.4 Å². The minimum absolute atomic E-state index is 0.0430. The van der Waals surface area contributed by atoms with E-state index >= 15 is 0 Å². The summed E-state index contributed by atoms with van der Waals surface area (Å²) in [7, 11) is 1.49. The summed E-state index contributed by atoms with van der Waals surface area (Å²) < 4.78 is 7.38. The van der Waals surface area contributed by atoms with Gasteiger partial charge in [-0.15, -0.1) is 0 Å². The van der Waals surface area contributed by atoms with Crippen molar-refractivity contribution in [3.8, 4) is 11.5 Å². The zero-order chi connectivity index (χ0) is 27.9. The van der Waals surface area contributed by atoms with Gasteiger partial charge in [-0.1, -0.05) is 31.2 Å². The lowest BCUT2D eigenvalue weighted by Crippen LogP contribution is -2.51. The molecule has 2 aromatic carbocycles. The molecule has 0 saturated carbocycles. The molecule has 0 spiro atoms. The summed E-state index contributed by atoms with van der Waals surface area (Å²) in [5, 5.41) is 27.9. The number of aromatic hydroxyl groups is 2. The molecule has 1 fully saturated rings. The summed E-state index contributed by atoms with van der Waals surface area (Å²) in [4.78, 5) is 25.8. The number of carboxylic acids is 1. The second-order valence-corrected chi connectivity index (χ2v) is 10.6. The smallest absolute Gasteiger partial charge is 0.354 e. The van der Waals surface area contributed by atoms with E-state index in [9.17, 15) is 9.59 Å². The minimum atomic E-state index is -1.10. The normalized spacial score (nSPS) is 22.2. The predicted octanol–water partition coefficient (Wildman–Crippen LogP) is 3.81. The maximum absolute atomic E-state index is 12.7. The van der Waals surface area contributed by atoms with Crippen LogP contribution < -0.4 is 5.73 Å². The van der Waals surface area contributed by atoms with Crippen LogP contribution in [0, 0.1) is 5.41 Å². The van der Waals surface area contributed by atoms with Crippen molar-refractivity contribution in [2.24, 2.45) is 11.1 Å². The molecule has 3 aromatic rings. The first kappa shape index (κ1) is 26.8. The number of benzene rings is 2. The molecule has 1 saturated heterocycles. The molecular formula is C30H35N3O6. The fraction of sp³-hybridized carbons (Fsp3) is 0.400. The van der Waals surface area contributed by atoms with Crippen molar-refractivity contribution >= 4 is 28.5 Å². The lowest BCUT2D eigenvalue weighted by molar-refractivity contribution is -0.138. The highest BCUT2D eigenvalue weighted by molar-refractivity contribution is 6.13. The summed E-state index contributed by atoms with van der Waals surface area (Å²) >= 11 is 0. The van der Waals surface area contributed by atoms with Gasteiger partial charge in [0.25, 0.3) is 0 Å². The number of rotatable bonds is 5. The van der Waals surface area contributed by atoms with Crippen LogP contribution in [-0.4, -0.2) is 63.0 Å². The Hall–Kier alpha value is -3.82. The highest BCUT2D eigenvalue weighted by Crippen LogP contribution is 2.57. The number of aromatic nitrogens is 1. The second-order valence-electron chi connectivity index (χ2n) is 10.6. The van der Waals surface area contributed by atoms with Crippen molar-refractivity contribution in [2.75, 3.05) is 20.2 Å². The number of phenols is 2. The molecule has 5 N–H and O–H groups in total. The van der Waals surface area contributed by atoms with Crippen molar-refractivity contribution in [2.45, 2.75) is 51.1 Å². The van der Waals surface area contributed by atoms with Gasteiger partial charge in [0.05, 0.1) is 18.7 Å². The predicted molar refractivity (Wildman–Crippen MR) is 147 cm³/mol. The van der Waals surface area contributed by atoms with E-state index in [2.05, 4.69) is 46.7 Å². The number of carbonyl (C=O) groups excluding carboxylic acids is 1. The van der Waals surface area contributed by atoms with Crippen molar-refractivity contribution in [1.29, 1.82) is 0 Å². The molecule has 9 nitrogen and oxygen atoms in total. The average Bonchev–Trinajstić information content (AvgIpc) is 3.29. The van der Waals surface area contributed by atoms with Crippen LogP contribution in [0.5, 0.6) is 11.5 Å². The summed E-state index contributed by atoms with van der Waals surface area (Å²) in [5.41, 5.74) is 10.5. The number of methoxy groups -OCH3 is 1. The molecule has 39 heavy (non-hydrogen) atoms. The number of carboxylic acid groups (broad SMARTS) is 1. The third-order valence-corrected chi connectivity index (χ3v) is 8.46. The number of para-hydroxylation sites is 1. The number of aliphatic carboxylic acids is 1. The zero-order valence-electron chi connectivity index (χ0n) is 22.3. The third-order valence-electron chi connectivity index (χ3n) is 8.46. The fourth-order valence-corrected chi connectivity index (χ4v) is 6.57. The van der Waals surface area contributed by atoms with Crippen molar-refractivity contribution in [3.63, 3.8) is 0 Å². The summed E-state index contributed by atoms with van der Waals surface area (Å²) in [6.07, 6.45) is 6.81. The van der Waals surface area contributed by atoms with Gasteiger partial charge in [0.1, 0.15) is 11.7 Å². The maximum Gasteiger partial charge on any atom is 0.354 e. The van der Waals surface area contributed by atoms with E-state index in [1.807, 2.05) is 0 Å². The second kappa shape index (κ2) is 10.4. The van der Waals surface area contributed by atoms with Gasteiger partial charge < -0.3 is 30.4 Å². The highest BCUT2D eigenvalue weighted by Gasteiger charge is 2.51. The number of hydrogen-bond acceptors (Lipinski definition) is 7. The number of fused-ring (bicyclic) bond motifs is 3. The van der Waals surface area contributed by atoms with E-state index in [0.717, 1.165) is 37.9 Å². The molecular weight excluding hydrogens is 498 g/mol. The Morgan fingerprint density at radius 2 is 1.92 bits per heavy atom. The Morgan fingerprint density at radius 3 is 2.62 bits per heavy atom. The topological polar surface area (TPSA) is 138 Å². The standard InChI is InChI=1S/C21H24N2O2.C9H11NO4/c1-3-21-10-6-11-22-12-9-15-14-7-4-5-8-16(14)23(18(15)19(21)22)17(13-21)20(24)25-2;10-6(9(13)14)3-5-1-2-7(11)8(12)4-5/h4-5,7-8,13,19H,3,6,9-12H2,1-2H3;1-2,4,6,11-12H,3,10H2,(H,13,14)/t19-,21+;/m1./s1. The van der Waals surface area contributed by atoms with Crippen LogP contribution in [0.25, 0.3) is 16.6 Å². The number of phenolic OH excluding ortho intramolecular Hbond substituents is 2. The summed E-state index contributed by atoms with van der Waals surface area (Å²) in [6.45, 7) is 4.55. The molecule has 0 bridgehead atoms. The van der Waals surface area contributed by atoms with Crippen molar-refractivity contribution < 1.29 is 29.6 Å². The number of nitrogens with zero attached hydrogens (tertiary/aromatic N) is 2. The molecule has 1 unspecified atom stereocenters. The molecule has 206 valence electrons. The van der Waals surface area contributed by atoms with E-state index in [4.69, 9.17) is 25.8 Å². The number of nitrogens with two attached hydrogens (primary N) is 1. The van der Waals surface area contributed by atoms with Gasteiger partial charge in [0.2, 0.25) is 0 Å².